The molecule has 1 aromatic rings. The van der Waals surface area contributed by atoms with Gasteiger partial charge in [-0.05, 0) is 18.1 Å². The molecule has 0 saturated heterocycles. The van der Waals surface area contributed by atoms with Crippen molar-refractivity contribution in [3.8, 4) is 0 Å². The molecule has 0 aliphatic carbocycles. The highest BCUT2D eigenvalue weighted by molar-refractivity contribution is 5.81. The molecule has 0 atom stereocenters. The van der Waals surface area contributed by atoms with Crippen molar-refractivity contribution in [1.82, 2.24) is 0 Å². The molecule has 2 nitrogen and oxygen atoms in total. The summed E-state index contributed by atoms with van der Waals surface area (Å²) in [5.41, 5.74) is 1.83. The smallest absolute Gasteiger partial charge is 0.328 e. The standard InChI is InChI=1S/C14H14O2/c1-12(11-14(15)16)7-5-6-10-13-8-3-2-4-9-13/h2-11H,1H3,(H,15,16)/b7-5+,10-6+,12-11-. The highest BCUT2D eigenvalue weighted by Gasteiger charge is 1.87. The third-order valence-corrected chi connectivity index (χ3v) is 1.91. The zero-order chi connectivity index (χ0) is 11.8. The van der Waals surface area contributed by atoms with Gasteiger partial charge in [0.1, 0.15) is 0 Å². The maximum absolute atomic E-state index is 10.3. The second-order valence-electron chi connectivity index (χ2n) is 3.36. The Morgan fingerprint density at radius 1 is 1.19 bits per heavy atom. The van der Waals surface area contributed by atoms with Crippen molar-refractivity contribution in [2.45, 2.75) is 6.92 Å². The van der Waals surface area contributed by atoms with Gasteiger partial charge in [0, 0.05) is 6.08 Å². The van der Waals surface area contributed by atoms with Crippen molar-refractivity contribution in [2.24, 2.45) is 0 Å². The van der Waals surface area contributed by atoms with Crippen molar-refractivity contribution >= 4 is 12.0 Å². The quantitative estimate of drug-likeness (QED) is 0.616. The normalized spacial score (nSPS) is 12.4. The van der Waals surface area contributed by atoms with E-state index in [0.29, 0.717) is 5.57 Å². The fourth-order valence-electron chi connectivity index (χ4n) is 1.18. The average Bonchev–Trinajstić information content (AvgIpc) is 2.25. The van der Waals surface area contributed by atoms with E-state index in [1.165, 1.54) is 6.08 Å². The van der Waals surface area contributed by atoms with Gasteiger partial charge in [0.15, 0.2) is 0 Å². The number of carboxylic acids is 1. The molecule has 0 aliphatic heterocycles. The van der Waals surface area contributed by atoms with Gasteiger partial charge in [0.25, 0.3) is 0 Å². The second kappa shape index (κ2) is 6.40. The summed E-state index contributed by atoms with van der Waals surface area (Å²) in [6.07, 6.45) is 8.60. The zero-order valence-electron chi connectivity index (χ0n) is 9.13. The summed E-state index contributed by atoms with van der Waals surface area (Å²) in [5, 5.41) is 8.49. The molecular weight excluding hydrogens is 200 g/mol. The van der Waals surface area contributed by atoms with Crippen molar-refractivity contribution < 1.29 is 9.90 Å². The lowest BCUT2D eigenvalue weighted by Crippen LogP contribution is -1.87. The summed E-state index contributed by atoms with van der Waals surface area (Å²) in [5.74, 6) is -0.922. The molecule has 1 aromatic carbocycles. The molecule has 2 heteroatoms. The van der Waals surface area contributed by atoms with E-state index in [0.717, 1.165) is 5.56 Å². The molecule has 1 rings (SSSR count). The van der Waals surface area contributed by atoms with Crippen LogP contribution in [0.4, 0.5) is 0 Å². The van der Waals surface area contributed by atoms with Gasteiger partial charge in [0.2, 0.25) is 0 Å². The Labute approximate surface area is 95.2 Å². The fraction of sp³-hybridized carbons (Fsp3) is 0.0714. The van der Waals surface area contributed by atoms with Crippen molar-refractivity contribution in [3.63, 3.8) is 0 Å². The van der Waals surface area contributed by atoms with Crippen LogP contribution in [0, 0.1) is 0 Å². The van der Waals surface area contributed by atoms with E-state index in [9.17, 15) is 4.79 Å². The predicted molar refractivity (Wildman–Crippen MR) is 66.0 cm³/mol. The maximum atomic E-state index is 10.3. The van der Waals surface area contributed by atoms with E-state index in [1.807, 2.05) is 48.6 Å². The number of carboxylic acid groups (broad SMARTS) is 1. The monoisotopic (exact) mass is 214 g/mol. The maximum Gasteiger partial charge on any atom is 0.328 e. The molecular formula is C14H14O2. The van der Waals surface area contributed by atoms with Gasteiger partial charge in [-0.2, -0.15) is 0 Å². The van der Waals surface area contributed by atoms with E-state index in [4.69, 9.17) is 5.11 Å². The summed E-state index contributed by atoms with van der Waals surface area (Å²) >= 11 is 0. The number of hydrogen-bond acceptors (Lipinski definition) is 1. The van der Waals surface area contributed by atoms with Gasteiger partial charge >= 0.3 is 5.97 Å². The topological polar surface area (TPSA) is 37.3 Å². The number of aliphatic carboxylic acids is 1. The Hall–Kier alpha value is -2.09. The van der Waals surface area contributed by atoms with Crippen molar-refractivity contribution in [1.29, 1.82) is 0 Å². The molecule has 0 bridgehead atoms. The lowest BCUT2D eigenvalue weighted by molar-refractivity contribution is -0.131. The molecule has 82 valence electrons. The summed E-state index contributed by atoms with van der Waals surface area (Å²) in [4.78, 5) is 10.3. The first-order chi connectivity index (χ1) is 7.68. The number of allylic oxidation sites excluding steroid dienone is 4. The first-order valence-corrected chi connectivity index (χ1v) is 4.99. The Morgan fingerprint density at radius 2 is 1.88 bits per heavy atom. The van der Waals surface area contributed by atoms with Gasteiger partial charge < -0.3 is 5.11 Å². The van der Waals surface area contributed by atoms with Gasteiger partial charge in [0.05, 0.1) is 0 Å². The summed E-state index contributed by atoms with van der Waals surface area (Å²) in [6.45, 7) is 1.75. The van der Waals surface area contributed by atoms with Crippen molar-refractivity contribution in [2.75, 3.05) is 0 Å². The zero-order valence-corrected chi connectivity index (χ0v) is 9.13. The van der Waals surface area contributed by atoms with E-state index in [1.54, 1.807) is 13.0 Å². The molecule has 1 N–H and O–H groups in total. The van der Waals surface area contributed by atoms with Crippen LogP contribution in [0.2, 0.25) is 0 Å². The lowest BCUT2D eigenvalue weighted by atomic mass is 10.2. The molecule has 0 aliphatic rings. The number of rotatable bonds is 4. The largest absolute Gasteiger partial charge is 0.478 e. The number of hydrogen-bond donors (Lipinski definition) is 1. The first kappa shape index (κ1) is 12.0. The van der Waals surface area contributed by atoms with E-state index in [2.05, 4.69) is 0 Å². The SMILES string of the molecule is CC(=C/C(=O)O)/C=C/C=C/c1ccccc1. The van der Waals surface area contributed by atoms with E-state index < -0.39 is 5.97 Å². The van der Waals surface area contributed by atoms with Gasteiger partial charge in [-0.3, -0.25) is 0 Å². The van der Waals surface area contributed by atoms with Gasteiger partial charge in [-0.25, -0.2) is 4.79 Å². The fourth-order valence-corrected chi connectivity index (χ4v) is 1.18. The van der Waals surface area contributed by atoms with Gasteiger partial charge in [-0.15, -0.1) is 0 Å². The Balaban J connectivity index is 2.55. The van der Waals surface area contributed by atoms with Crippen LogP contribution in [0.5, 0.6) is 0 Å². The van der Waals surface area contributed by atoms with Crippen LogP contribution in [0.3, 0.4) is 0 Å². The minimum Gasteiger partial charge on any atom is -0.478 e. The van der Waals surface area contributed by atoms with Crippen LogP contribution in [-0.4, -0.2) is 11.1 Å². The average molecular weight is 214 g/mol. The van der Waals surface area contributed by atoms with Crippen molar-refractivity contribution in [3.05, 3.63) is 65.8 Å². The Kier molecular flexibility index (Phi) is 4.80. The molecule has 0 amide bonds. The minimum atomic E-state index is -0.922. The molecule has 0 aromatic heterocycles. The summed E-state index contributed by atoms with van der Waals surface area (Å²) in [7, 11) is 0. The lowest BCUT2D eigenvalue weighted by Gasteiger charge is -1.89. The third kappa shape index (κ3) is 4.96. The van der Waals surface area contributed by atoms with Crippen LogP contribution in [-0.2, 0) is 4.79 Å². The Bertz CT molecular complexity index is 425. The summed E-state index contributed by atoms with van der Waals surface area (Å²) in [6, 6.07) is 9.92. The minimum absolute atomic E-state index is 0.713. The van der Waals surface area contributed by atoms with Crippen LogP contribution < -0.4 is 0 Å². The molecule has 0 fully saturated rings. The second-order valence-corrected chi connectivity index (χ2v) is 3.36. The van der Waals surface area contributed by atoms with E-state index >= 15 is 0 Å². The molecule has 0 heterocycles. The Morgan fingerprint density at radius 3 is 2.50 bits per heavy atom. The predicted octanol–water partition coefficient (Wildman–Crippen LogP) is 3.29. The van der Waals surface area contributed by atoms with E-state index in [-0.39, 0.29) is 0 Å². The third-order valence-electron chi connectivity index (χ3n) is 1.91. The highest BCUT2D eigenvalue weighted by atomic mass is 16.4. The molecule has 0 unspecified atom stereocenters. The van der Waals surface area contributed by atoms with Crippen LogP contribution in [0.25, 0.3) is 6.08 Å². The van der Waals surface area contributed by atoms with Crippen LogP contribution >= 0.6 is 0 Å². The highest BCUT2D eigenvalue weighted by Crippen LogP contribution is 2.01. The number of carbonyl (C=O) groups is 1. The number of benzene rings is 1. The van der Waals surface area contributed by atoms with Crippen LogP contribution in [0.15, 0.2) is 60.2 Å². The molecule has 0 radical (unpaired) electrons. The molecule has 0 saturated carbocycles. The summed E-state index contributed by atoms with van der Waals surface area (Å²) < 4.78 is 0. The first-order valence-electron chi connectivity index (χ1n) is 4.99. The van der Waals surface area contributed by atoms with Gasteiger partial charge in [-0.1, -0.05) is 54.6 Å². The molecule has 16 heavy (non-hydrogen) atoms. The molecule has 0 spiro atoms. The van der Waals surface area contributed by atoms with Crippen LogP contribution in [0.1, 0.15) is 12.5 Å².